The fourth-order valence-electron chi connectivity index (χ4n) is 3.12. The van der Waals surface area contributed by atoms with Crippen molar-refractivity contribution in [1.82, 2.24) is 24.8 Å². The average molecular weight is 370 g/mol. The second-order valence-electron chi connectivity index (χ2n) is 6.03. The number of fused-ring (bicyclic) bond motifs is 1. The maximum Gasteiger partial charge on any atom is 0.257 e. The fourth-order valence-corrected chi connectivity index (χ4v) is 3.32. The number of H-pyrrole nitrogens is 1. The number of halogens is 1. The third-order valence-corrected chi connectivity index (χ3v) is 4.81. The summed E-state index contributed by atoms with van der Waals surface area (Å²) in [6.45, 7) is 1.82. The van der Waals surface area contributed by atoms with Gasteiger partial charge in [0.15, 0.2) is 0 Å². The number of hydrogen-bond donors (Lipinski definition) is 1. The second kappa shape index (κ2) is 6.76. The molecule has 0 spiro atoms. The normalized spacial score (nSPS) is 14.7. The van der Waals surface area contributed by atoms with Crippen molar-refractivity contribution >= 4 is 34.4 Å². The van der Waals surface area contributed by atoms with E-state index in [4.69, 9.17) is 11.6 Å². The van der Waals surface area contributed by atoms with Crippen LogP contribution in [0.3, 0.4) is 0 Å². The molecule has 4 heterocycles. The van der Waals surface area contributed by atoms with Gasteiger partial charge in [-0.2, -0.15) is 0 Å². The maximum atomic E-state index is 12.8. The molecule has 132 valence electrons. The zero-order valence-electron chi connectivity index (χ0n) is 13.9. The Kier molecular flexibility index (Phi) is 4.30. The van der Waals surface area contributed by atoms with Gasteiger partial charge in [0.05, 0.1) is 16.6 Å². The van der Waals surface area contributed by atoms with Crippen molar-refractivity contribution in [3.8, 4) is 0 Å². The van der Waals surface area contributed by atoms with Crippen LogP contribution in [0.1, 0.15) is 20.7 Å². The van der Waals surface area contributed by atoms with Gasteiger partial charge in [-0.1, -0.05) is 11.6 Å². The number of carbonyl (C=O) groups excluding carboxylic acids is 2. The summed E-state index contributed by atoms with van der Waals surface area (Å²) in [6, 6.07) is 7.05. The van der Waals surface area contributed by atoms with E-state index in [-0.39, 0.29) is 17.0 Å². The van der Waals surface area contributed by atoms with Crippen LogP contribution in [-0.4, -0.2) is 62.7 Å². The molecule has 0 aliphatic carbocycles. The van der Waals surface area contributed by atoms with E-state index < -0.39 is 0 Å². The Labute approximate surface area is 154 Å². The van der Waals surface area contributed by atoms with Crippen LogP contribution in [-0.2, 0) is 0 Å². The maximum absolute atomic E-state index is 12.8. The molecule has 1 aliphatic heterocycles. The Bertz CT molecular complexity index is 978. The van der Waals surface area contributed by atoms with Crippen LogP contribution < -0.4 is 0 Å². The molecule has 1 aliphatic rings. The van der Waals surface area contributed by atoms with E-state index in [2.05, 4.69) is 15.0 Å². The molecule has 0 saturated carbocycles. The van der Waals surface area contributed by atoms with Crippen molar-refractivity contribution in [3.05, 3.63) is 59.1 Å². The summed E-state index contributed by atoms with van der Waals surface area (Å²) in [5, 5.41) is 0.195. The number of hydrogen-bond acceptors (Lipinski definition) is 4. The van der Waals surface area contributed by atoms with Gasteiger partial charge < -0.3 is 14.8 Å². The summed E-state index contributed by atoms with van der Waals surface area (Å²) in [4.78, 5) is 40.1. The number of rotatable bonds is 2. The summed E-state index contributed by atoms with van der Waals surface area (Å²) in [6.07, 6.45) is 4.90. The number of aromatic nitrogens is 3. The van der Waals surface area contributed by atoms with Crippen molar-refractivity contribution in [2.45, 2.75) is 0 Å². The van der Waals surface area contributed by atoms with Gasteiger partial charge in [0.2, 0.25) is 0 Å². The van der Waals surface area contributed by atoms with Gasteiger partial charge in [-0.05, 0) is 24.3 Å². The molecule has 1 fully saturated rings. The predicted molar refractivity (Wildman–Crippen MR) is 97.1 cm³/mol. The minimum atomic E-state index is -0.163. The Morgan fingerprint density at radius 3 is 2.23 bits per heavy atom. The molecular weight excluding hydrogens is 354 g/mol. The number of pyridine rings is 2. The highest BCUT2D eigenvalue weighted by atomic mass is 35.5. The molecule has 0 atom stereocenters. The number of piperazine rings is 1. The molecule has 4 rings (SSSR count). The summed E-state index contributed by atoms with van der Waals surface area (Å²) < 4.78 is 0. The highest BCUT2D eigenvalue weighted by Crippen LogP contribution is 2.19. The lowest BCUT2D eigenvalue weighted by Gasteiger charge is -2.34. The molecule has 1 saturated heterocycles. The SMILES string of the molecule is O=C(c1cccnc1Cl)N1CCN(C(=O)c2c[nH]c3cccnc23)CC1. The minimum absolute atomic E-state index is 0.0820. The van der Waals surface area contributed by atoms with E-state index >= 15 is 0 Å². The highest BCUT2D eigenvalue weighted by molar-refractivity contribution is 6.32. The van der Waals surface area contributed by atoms with E-state index in [1.807, 2.05) is 12.1 Å². The first-order valence-corrected chi connectivity index (χ1v) is 8.64. The molecule has 0 unspecified atom stereocenters. The van der Waals surface area contributed by atoms with Crippen LogP contribution in [0.5, 0.6) is 0 Å². The zero-order chi connectivity index (χ0) is 18.1. The van der Waals surface area contributed by atoms with E-state index in [1.54, 1.807) is 40.5 Å². The quantitative estimate of drug-likeness (QED) is 0.702. The summed E-state index contributed by atoms with van der Waals surface area (Å²) >= 11 is 6.01. The Morgan fingerprint density at radius 1 is 0.923 bits per heavy atom. The number of carbonyl (C=O) groups is 2. The third-order valence-electron chi connectivity index (χ3n) is 4.51. The van der Waals surface area contributed by atoms with Gasteiger partial charge in [0.1, 0.15) is 10.7 Å². The van der Waals surface area contributed by atoms with Gasteiger partial charge in [-0.15, -0.1) is 0 Å². The Hall–Kier alpha value is -2.93. The van der Waals surface area contributed by atoms with Crippen molar-refractivity contribution in [2.75, 3.05) is 26.2 Å². The van der Waals surface area contributed by atoms with Gasteiger partial charge >= 0.3 is 0 Å². The average Bonchev–Trinajstić information content (AvgIpc) is 3.11. The molecule has 8 heteroatoms. The van der Waals surface area contributed by atoms with Crippen molar-refractivity contribution in [3.63, 3.8) is 0 Å². The minimum Gasteiger partial charge on any atom is -0.359 e. The van der Waals surface area contributed by atoms with Crippen LogP contribution in [0.4, 0.5) is 0 Å². The lowest BCUT2D eigenvalue weighted by Crippen LogP contribution is -2.50. The van der Waals surface area contributed by atoms with E-state index in [9.17, 15) is 9.59 Å². The zero-order valence-corrected chi connectivity index (χ0v) is 14.6. The smallest absolute Gasteiger partial charge is 0.257 e. The molecule has 0 bridgehead atoms. The highest BCUT2D eigenvalue weighted by Gasteiger charge is 2.27. The van der Waals surface area contributed by atoms with Crippen molar-refractivity contribution in [1.29, 1.82) is 0 Å². The molecule has 26 heavy (non-hydrogen) atoms. The van der Waals surface area contributed by atoms with E-state index in [0.717, 1.165) is 5.52 Å². The molecule has 0 radical (unpaired) electrons. The number of nitrogens with zero attached hydrogens (tertiary/aromatic N) is 4. The topological polar surface area (TPSA) is 82.2 Å². The van der Waals surface area contributed by atoms with Gasteiger partial charge in [-0.3, -0.25) is 14.6 Å². The number of amides is 2. The van der Waals surface area contributed by atoms with E-state index in [0.29, 0.717) is 42.8 Å². The first kappa shape index (κ1) is 16.5. The van der Waals surface area contributed by atoms with Gasteiger partial charge in [-0.25, -0.2) is 4.98 Å². The predicted octanol–water partition coefficient (Wildman–Crippen LogP) is 2.21. The summed E-state index contributed by atoms with van der Waals surface area (Å²) in [5.41, 5.74) is 2.43. The Morgan fingerprint density at radius 2 is 1.54 bits per heavy atom. The van der Waals surface area contributed by atoms with Gasteiger partial charge in [0.25, 0.3) is 11.8 Å². The molecule has 2 amide bonds. The first-order chi connectivity index (χ1) is 12.6. The molecule has 3 aromatic rings. The lowest BCUT2D eigenvalue weighted by molar-refractivity contribution is 0.0536. The van der Waals surface area contributed by atoms with E-state index in [1.165, 1.54) is 0 Å². The van der Waals surface area contributed by atoms with Crippen LogP contribution in [0.25, 0.3) is 11.0 Å². The standard InChI is InChI=1S/C18H16ClN5O2/c19-16-12(3-1-6-21-16)17(25)23-7-9-24(10-8-23)18(26)13-11-22-14-4-2-5-20-15(13)14/h1-6,11,22H,7-10H2. The number of aromatic amines is 1. The summed E-state index contributed by atoms with van der Waals surface area (Å²) in [5.74, 6) is -0.245. The Balaban J connectivity index is 1.46. The van der Waals surface area contributed by atoms with Crippen LogP contribution in [0.15, 0.2) is 42.9 Å². The van der Waals surface area contributed by atoms with Crippen molar-refractivity contribution < 1.29 is 9.59 Å². The van der Waals surface area contributed by atoms with Crippen molar-refractivity contribution in [2.24, 2.45) is 0 Å². The number of nitrogens with one attached hydrogen (secondary N) is 1. The molecular formula is C18H16ClN5O2. The van der Waals surface area contributed by atoms with Gasteiger partial charge in [0, 0.05) is 44.8 Å². The molecule has 3 aromatic heterocycles. The monoisotopic (exact) mass is 369 g/mol. The van der Waals surface area contributed by atoms with Crippen LogP contribution in [0.2, 0.25) is 5.15 Å². The molecule has 0 aromatic carbocycles. The largest absolute Gasteiger partial charge is 0.359 e. The van der Waals surface area contributed by atoms with Crippen LogP contribution >= 0.6 is 11.6 Å². The molecule has 1 N–H and O–H groups in total. The first-order valence-electron chi connectivity index (χ1n) is 8.26. The fraction of sp³-hybridized carbons (Fsp3) is 0.222. The molecule has 7 nitrogen and oxygen atoms in total. The summed E-state index contributed by atoms with van der Waals surface area (Å²) in [7, 11) is 0. The second-order valence-corrected chi connectivity index (χ2v) is 6.39. The van der Waals surface area contributed by atoms with Crippen LogP contribution in [0, 0.1) is 0 Å². The lowest BCUT2D eigenvalue weighted by atomic mass is 10.2. The third kappa shape index (κ3) is 2.90.